The lowest BCUT2D eigenvalue weighted by atomic mass is 10.1. The minimum Gasteiger partial charge on any atom is -0.330 e. The molecule has 0 spiro atoms. The molecule has 1 aliphatic rings. The highest BCUT2D eigenvalue weighted by Gasteiger charge is 2.31. The van der Waals surface area contributed by atoms with Crippen LogP contribution in [0.3, 0.4) is 0 Å². The Kier molecular flexibility index (Phi) is 4.72. The maximum atomic E-state index is 14.0. The highest BCUT2D eigenvalue weighted by atomic mass is 31.2. The Balaban J connectivity index is 1.75. The molecule has 136 valence electrons. The molecule has 0 bridgehead atoms. The average molecular weight is 375 g/mol. The van der Waals surface area contributed by atoms with Crippen molar-refractivity contribution >= 4 is 23.7 Å². The summed E-state index contributed by atoms with van der Waals surface area (Å²) >= 11 is 0. The molecule has 0 heterocycles. The SMILES string of the molecule is Cc1ccc(P(=O)(O/N=C2\CCc3ccccc32)c2ccc(C)cc2)cc1. The molecular formula is C23H22NO2P. The molecule has 4 heteroatoms. The first-order valence-electron chi connectivity index (χ1n) is 9.15. The summed E-state index contributed by atoms with van der Waals surface area (Å²) in [6, 6.07) is 23.5. The Morgan fingerprint density at radius 2 is 1.33 bits per heavy atom. The molecule has 1 aliphatic carbocycles. The fourth-order valence-corrected chi connectivity index (χ4v) is 5.12. The van der Waals surface area contributed by atoms with Gasteiger partial charge in [-0.2, -0.15) is 0 Å². The van der Waals surface area contributed by atoms with Crippen LogP contribution in [-0.2, 0) is 15.6 Å². The van der Waals surface area contributed by atoms with E-state index in [-0.39, 0.29) is 0 Å². The van der Waals surface area contributed by atoms with Crippen molar-refractivity contribution in [3.63, 3.8) is 0 Å². The van der Waals surface area contributed by atoms with E-state index >= 15 is 0 Å². The molecule has 0 N–H and O–H groups in total. The molecule has 3 aromatic carbocycles. The van der Waals surface area contributed by atoms with Gasteiger partial charge >= 0.3 is 7.37 Å². The van der Waals surface area contributed by atoms with Gasteiger partial charge in [-0.1, -0.05) is 64.8 Å². The molecule has 0 saturated heterocycles. The second kappa shape index (κ2) is 7.17. The van der Waals surface area contributed by atoms with E-state index in [9.17, 15) is 4.57 Å². The second-order valence-corrected chi connectivity index (χ2v) is 9.30. The van der Waals surface area contributed by atoms with E-state index in [1.807, 2.05) is 80.6 Å². The van der Waals surface area contributed by atoms with Gasteiger partial charge in [-0.05, 0) is 56.5 Å². The van der Waals surface area contributed by atoms with Crippen molar-refractivity contribution in [3.05, 3.63) is 95.1 Å². The van der Waals surface area contributed by atoms with Crippen LogP contribution >= 0.6 is 7.37 Å². The smallest absolute Gasteiger partial charge is 0.330 e. The first-order chi connectivity index (χ1) is 13.1. The molecule has 0 radical (unpaired) electrons. The van der Waals surface area contributed by atoms with E-state index in [1.54, 1.807) is 0 Å². The van der Waals surface area contributed by atoms with Crippen LogP contribution in [0.25, 0.3) is 0 Å². The van der Waals surface area contributed by atoms with Crippen LogP contribution in [0.1, 0.15) is 28.7 Å². The number of aryl methyl sites for hydroxylation is 3. The minimum absolute atomic E-state index is 0.660. The zero-order valence-corrected chi connectivity index (χ0v) is 16.4. The standard InChI is InChI=1S/C23H22NO2P/c1-17-7-12-20(13-8-17)27(25,21-14-9-18(2)10-15-21)26-24-23-16-11-19-5-3-4-6-22(19)23/h3-10,12-15H,11,16H2,1-2H3/b24-23+. The van der Waals surface area contributed by atoms with Gasteiger partial charge in [-0.25, -0.2) is 0 Å². The van der Waals surface area contributed by atoms with Crippen molar-refractivity contribution in [2.45, 2.75) is 26.7 Å². The second-order valence-electron chi connectivity index (χ2n) is 7.00. The number of benzene rings is 3. The summed E-state index contributed by atoms with van der Waals surface area (Å²) in [6.07, 6.45) is 1.75. The summed E-state index contributed by atoms with van der Waals surface area (Å²) in [5.74, 6) is 0. The van der Waals surface area contributed by atoms with Crippen LogP contribution in [-0.4, -0.2) is 5.71 Å². The Hall–Kier alpha value is -2.64. The summed E-state index contributed by atoms with van der Waals surface area (Å²) in [6.45, 7) is 4.02. The summed E-state index contributed by atoms with van der Waals surface area (Å²) < 4.78 is 19.8. The zero-order chi connectivity index (χ0) is 18.9. The highest BCUT2D eigenvalue weighted by molar-refractivity contribution is 7.74. The van der Waals surface area contributed by atoms with Crippen molar-refractivity contribution in [1.82, 2.24) is 0 Å². The van der Waals surface area contributed by atoms with Gasteiger partial charge in [0.25, 0.3) is 0 Å². The molecule has 0 aliphatic heterocycles. The number of oxime groups is 1. The predicted octanol–water partition coefficient (Wildman–Crippen LogP) is 4.90. The van der Waals surface area contributed by atoms with E-state index in [0.717, 1.165) is 35.2 Å². The van der Waals surface area contributed by atoms with Crippen molar-refractivity contribution in [3.8, 4) is 0 Å². The topological polar surface area (TPSA) is 38.7 Å². The van der Waals surface area contributed by atoms with Crippen LogP contribution in [0.4, 0.5) is 0 Å². The van der Waals surface area contributed by atoms with Crippen molar-refractivity contribution < 1.29 is 9.19 Å². The molecular weight excluding hydrogens is 353 g/mol. The molecule has 0 aromatic heterocycles. The van der Waals surface area contributed by atoms with Gasteiger partial charge in [0.05, 0.1) is 16.3 Å². The monoisotopic (exact) mass is 375 g/mol. The Morgan fingerprint density at radius 1 is 0.778 bits per heavy atom. The third kappa shape index (κ3) is 3.48. The largest absolute Gasteiger partial charge is 0.330 e. The number of hydrogen-bond donors (Lipinski definition) is 0. The molecule has 0 amide bonds. The summed E-state index contributed by atoms with van der Waals surface area (Å²) in [5.41, 5.74) is 5.46. The lowest BCUT2D eigenvalue weighted by Crippen LogP contribution is -2.17. The Bertz CT molecular complexity index is 987. The fourth-order valence-electron chi connectivity index (χ4n) is 3.33. The summed E-state index contributed by atoms with van der Waals surface area (Å²) in [5, 5.41) is 5.71. The normalized spacial score (nSPS) is 15.0. The number of hydrogen-bond acceptors (Lipinski definition) is 3. The Labute approximate surface area is 160 Å². The van der Waals surface area contributed by atoms with Crippen LogP contribution in [0, 0.1) is 13.8 Å². The Morgan fingerprint density at radius 3 is 1.93 bits per heavy atom. The summed E-state index contributed by atoms with van der Waals surface area (Å²) in [4.78, 5) is 0. The predicted molar refractivity (Wildman–Crippen MR) is 112 cm³/mol. The van der Waals surface area contributed by atoms with E-state index in [2.05, 4.69) is 11.2 Å². The number of rotatable bonds is 4. The van der Waals surface area contributed by atoms with Crippen LogP contribution in [0.5, 0.6) is 0 Å². The molecule has 0 atom stereocenters. The molecule has 0 fully saturated rings. The maximum Gasteiger partial charge on any atom is 0.330 e. The van der Waals surface area contributed by atoms with Crippen LogP contribution in [0.2, 0.25) is 0 Å². The van der Waals surface area contributed by atoms with Crippen LogP contribution < -0.4 is 10.6 Å². The van der Waals surface area contributed by atoms with Gasteiger partial charge in [0.15, 0.2) is 0 Å². The summed E-state index contributed by atoms with van der Waals surface area (Å²) in [7, 11) is -3.32. The lowest BCUT2D eigenvalue weighted by Gasteiger charge is -2.17. The molecule has 3 nitrogen and oxygen atoms in total. The van der Waals surface area contributed by atoms with Gasteiger partial charge in [-0.3, -0.25) is 4.57 Å². The molecule has 4 rings (SSSR count). The third-order valence-electron chi connectivity index (χ3n) is 4.97. The molecule has 27 heavy (non-hydrogen) atoms. The number of fused-ring (bicyclic) bond motifs is 1. The van der Waals surface area contributed by atoms with Crippen LogP contribution in [0.15, 0.2) is 78.0 Å². The molecule has 0 unspecified atom stereocenters. The van der Waals surface area contributed by atoms with E-state index in [0.29, 0.717) is 10.6 Å². The first kappa shape index (κ1) is 17.8. The van der Waals surface area contributed by atoms with E-state index in [1.165, 1.54) is 5.56 Å². The zero-order valence-electron chi connectivity index (χ0n) is 15.6. The quantitative estimate of drug-likeness (QED) is 0.481. The average Bonchev–Trinajstić information content (AvgIpc) is 3.10. The van der Waals surface area contributed by atoms with Gasteiger partial charge < -0.3 is 4.62 Å². The van der Waals surface area contributed by atoms with Gasteiger partial charge in [0.1, 0.15) is 0 Å². The molecule has 0 saturated carbocycles. The molecule has 3 aromatic rings. The van der Waals surface area contributed by atoms with E-state index < -0.39 is 7.37 Å². The van der Waals surface area contributed by atoms with Crippen molar-refractivity contribution in [1.29, 1.82) is 0 Å². The van der Waals surface area contributed by atoms with Gasteiger partial charge in [0, 0.05) is 5.56 Å². The van der Waals surface area contributed by atoms with Gasteiger partial charge in [-0.15, -0.1) is 0 Å². The third-order valence-corrected chi connectivity index (χ3v) is 7.24. The van der Waals surface area contributed by atoms with Gasteiger partial charge in [0.2, 0.25) is 0 Å². The minimum atomic E-state index is -3.32. The van der Waals surface area contributed by atoms with E-state index in [4.69, 9.17) is 4.62 Å². The number of nitrogens with zero attached hydrogens (tertiary/aromatic N) is 1. The first-order valence-corrected chi connectivity index (χ1v) is 10.8. The fraction of sp³-hybridized carbons (Fsp3) is 0.174. The lowest BCUT2D eigenvalue weighted by molar-refractivity contribution is 0.348. The van der Waals surface area contributed by atoms with Crippen molar-refractivity contribution in [2.24, 2.45) is 5.16 Å². The highest BCUT2D eigenvalue weighted by Crippen LogP contribution is 2.45. The van der Waals surface area contributed by atoms with Crippen molar-refractivity contribution in [2.75, 3.05) is 0 Å². The maximum absolute atomic E-state index is 14.0.